The van der Waals surface area contributed by atoms with E-state index in [0.717, 1.165) is 6.07 Å². The van der Waals surface area contributed by atoms with Gasteiger partial charge in [0.05, 0.1) is 35.3 Å². The SMILES string of the molecule is CC(O)(CC(=O)NCCO)Cc1cc(O)c2c(c1O)C(=O)c1cccc(O)c1C2=O. The van der Waals surface area contributed by atoms with E-state index in [0.29, 0.717) is 0 Å². The summed E-state index contributed by atoms with van der Waals surface area (Å²) in [6.07, 6.45) is -0.672. The van der Waals surface area contributed by atoms with Crippen molar-refractivity contribution in [2.75, 3.05) is 13.2 Å². The van der Waals surface area contributed by atoms with Gasteiger partial charge < -0.3 is 30.8 Å². The quantitative estimate of drug-likeness (QED) is 0.314. The first kappa shape index (κ1) is 21.3. The van der Waals surface area contributed by atoms with Gasteiger partial charge in [-0.3, -0.25) is 14.4 Å². The van der Waals surface area contributed by atoms with Crippen LogP contribution >= 0.6 is 0 Å². The van der Waals surface area contributed by atoms with Gasteiger partial charge in [-0.2, -0.15) is 0 Å². The third-order valence-electron chi connectivity index (χ3n) is 4.87. The number of hydrogen-bond acceptors (Lipinski definition) is 8. The van der Waals surface area contributed by atoms with Crippen LogP contribution in [0.4, 0.5) is 0 Å². The number of aromatic hydroxyl groups is 3. The van der Waals surface area contributed by atoms with Crippen molar-refractivity contribution < 1.29 is 39.9 Å². The van der Waals surface area contributed by atoms with Crippen molar-refractivity contribution in [3.63, 3.8) is 0 Å². The molecule has 0 radical (unpaired) electrons. The van der Waals surface area contributed by atoms with Crippen molar-refractivity contribution in [2.45, 2.75) is 25.4 Å². The van der Waals surface area contributed by atoms with Crippen molar-refractivity contribution in [1.29, 1.82) is 0 Å². The summed E-state index contributed by atoms with van der Waals surface area (Å²) in [4.78, 5) is 37.5. The molecule has 1 amide bonds. The molecule has 0 aromatic heterocycles. The number of nitrogens with one attached hydrogen (secondary N) is 1. The van der Waals surface area contributed by atoms with Gasteiger partial charge in [0.2, 0.25) is 11.7 Å². The molecule has 1 aliphatic carbocycles. The topological polar surface area (TPSA) is 164 Å². The summed E-state index contributed by atoms with van der Waals surface area (Å²) in [5.41, 5.74) is -2.92. The summed E-state index contributed by atoms with van der Waals surface area (Å²) in [6, 6.07) is 4.98. The van der Waals surface area contributed by atoms with E-state index in [9.17, 15) is 34.8 Å². The first-order valence-electron chi connectivity index (χ1n) is 9.16. The number of aliphatic hydroxyl groups is 2. The second kappa shape index (κ2) is 7.77. The number of amides is 1. The Kier molecular flexibility index (Phi) is 5.51. The highest BCUT2D eigenvalue weighted by Gasteiger charge is 2.38. The molecule has 3 rings (SSSR count). The Bertz CT molecular complexity index is 1060. The van der Waals surface area contributed by atoms with Gasteiger partial charge in [-0.15, -0.1) is 0 Å². The Hall–Kier alpha value is -3.43. The minimum absolute atomic E-state index is 0.0165. The lowest BCUT2D eigenvalue weighted by atomic mass is 9.80. The highest BCUT2D eigenvalue weighted by molar-refractivity contribution is 6.31. The van der Waals surface area contributed by atoms with Gasteiger partial charge in [0, 0.05) is 24.1 Å². The molecule has 158 valence electrons. The summed E-state index contributed by atoms with van der Waals surface area (Å²) in [6.45, 7) is 1.09. The smallest absolute Gasteiger partial charge is 0.222 e. The van der Waals surface area contributed by atoms with E-state index >= 15 is 0 Å². The summed E-state index contributed by atoms with van der Waals surface area (Å²) in [5.74, 6) is -3.71. The van der Waals surface area contributed by atoms with Crippen molar-refractivity contribution >= 4 is 17.5 Å². The Morgan fingerprint density at radius 1 is 1.03 bits per heavy atom. The van der Waals surface area contributed by atoms with Crippen molar-refractivity contribution in [1.82, 2.24) is 5.32 Å². The molecule has 0 heterocycles. The molecule has 9 nitrogen and oxygen atoms in total. The lowest BCUT2D eigenvalue weighted by Crippen LogP contribution is -2.37. The average molecular weight is 415 g/mol. The minimum Gasteiger partial charge on any atom is -0.507 e. The van der Waals surface area contributed by atoms with E-state index < -0.39 is 51.5 Å². The zero-order valence-electron chi connectivity index (χ0n) is 16.1. The summed E-state index contributed by atoms with van der Waals surface area (Å²) in [5, 5.41) is 52.8. The van der Waals surface area contributed by atoms with Crippen LogP contribution in [0.3, 0.4) is 0 Å². The van der Waals surface area contributed by atoms with E-state index in [2.05, 4.69) is 5.32 Å². The molecule has 9 heteroatoms. The number of benzene rings is 2. The normalized spacial score (nSPS) is 14.6. The van der Waals surface area contributed by atoms with Gasteiger partial charge >= 0.3 is 0 Å². The molecular weight excluding hydrogens is 394 g/mol. The Balaban J connectivity index is 2.01. The molecule has 0 spiro atoms. The maximum atomic E-state index is 12.9. The van der Waals surface area contributed by atoms with Gasteiger partial charge in [0.15, 0.2) is 5.78 Å². The maximum Gasteiger partial charge on any atom is 0.222 e. The number of carbonyl (C=O) groups is 3. The van der Waals surface area contributed by atoms with Gasteiger partial charge in [-0.05, 0) is 19.1 Å². The van der Waals surface area contributed by atoms with Crippen LogP contribution in [-0.2, 0) is 11.2 Å². The van der Waals surface area contributed by atoms with Crippen molar-refractivity contribution in [3.8, 4) is 17.2 Å². The fourth-order valence-electron chi connectivity index (χ4n) is 3.60. The van der Waals surface area contributed by atoms with E-state index in [1.54, 1.807) is 0 Å². The predicted molar refractivity (Wildman–Crippen MR) is 104 cm³/mol. The van der Waals surface area contributed by atoms with Crippen molar-refractivity contribution in [3.05, 3.63) is 52.1 Å². The number of fused-ring (bicyclic) bond motifs is 2. The van der Waals surface area contributed by atoms with E-state index in [4.69, 9.17) is 5.11 Å². The number of aliphatic hydroxyl groups excluding tert-OH is 1. The highest BCUT2D eigenvalue weighted by Crippen LogP contribution is 2.42. The monoisotopic (exact) mass is 415 g/mol. The molecule has 1 aliphatic rings. The van der Waals surface area contributed by atoms with Crippen molar-refractivity contribution in [2.24, 2.45) is 0 Å². The van der Waals surface area contributed by atoms with Gasteiger partial charge in [-0.25, -0.2) is 0 Å². The maximum absolute atomic E-state index is 12.9. The number of phenols is 3. The molecule has 2 aromatic rings. The first-order chi connectivity index (χ1) is 14.1. The fourth-order valence-corrected chi connectivity index (χ4v) is 3.60. The molecule has 1 atom stereocenters. The zero-order valence-corrected chi connectivity index (χ0v) is 16.1. The third-order valence-corrected chi connectivity index (χ3v) is 4.87. The second-order valence-corrected chi connectivity index (χ2v) is 7.44. The van der Waals surface area contributed by atoms with Crippen LogP contribution in [0.5, 0.6) is 17.2 Å². The molecule has 6 N–H and O–H groups in total. The second-order valence-electron chi connectivity index (χ2n) is 7.44. The lowest BCUT2D eigenvalue weighted by molar-refractivity contribution is -0.125. The molecular formula is C21H21NO8. The average Bonchev–Trinajstić information content (AvgIpc) is 2.66. The molecule has 30 heavy (non-hydrogen) atoms. The van der Waals surface area contributed by atoms with Crippen LogP contribution in [0.15, 0.2) is 24.3 Å². The highest BCUT2D eigenvalue weighted by atomic mass is 16.3. The van der Waals surface area contributed by atoms with Gasteiger partial charge in [0.25, 0.3) is 0 Å². The van der Waals surface area contributed by atoms with Gasteiger partial charge in [-0.1, -0.05) is 12.1 Å². The summed E-state index contributed by atoms with van der Waals surface area (Å²) in [7, 11) is 0. The van der Waals surface area contributed by atoms with E-state index in [1.807, 2.05) is 0 Å². The number of rotatable bonds is 6. The zero-order chi connectivity index (χ0) is 22.2. The molecule has 1 unspecified atom stereocenters. The molecule has 0 saturated heterocycles. The Morgan fingerprint density at radius 3 is 2.40 bits per heavy atom. The van der Waals surface area contributed by atoms with Gasteiger partial charge in [0.1, 0.15) is 17.2 Å². The fraction of sp³-hybridized carbons (Fsp3) is 0.286. The molecule has 0 aliphatic heterocycles. The van der Waals surface area contributed by atoms with Crippen LogP contribution in [0.2, 0.25) is 0 Å². The van der Waals surface area contributed by atoms with Crippen LogP contribution < -0.4 is 5.32 Å². The number of carbonyl (C=O) groups excluding carboxylic acids is 3. The Labute approximate surface area is 171 Å². The van der Waals surface area contributed by atoms with Crippen LogP contribution in [0.25, 0.3) is 0 Å². The third kappa shape index (κ3) is 3.72. The van der Waals surface area contributed by atoms with Crippen LogP contribution in [0.1, 0.15) is 50.8 Å². The van der Waals surface area contributed by atoms with Crippen LogP contribution in [-0.4, -0.2) is 61.8 Å². The standard InChI is InChI=1S/C21H21NO8/c1-21(30,9-14(26)22-5-6-23)8-10-7-13(25)16-17(18(10)27)19(28)11-3-2-4-12(24)15(11)20(16)29/h2-4,7,23-25,27,30H,5-6,8-9H2,1H3,(H,22,26). The summed E-state index contributed by atoms with van der Waals surface area (Å²) >= 11 is 0. The Morgan fingerprint density at radius 2 is 1.73 bits per heavy atom. The largest absolute Gasteiger partial charge is 0.507 e. The number of phenolic OH excluding ortho intramolecular Hbond substituents is 3. The first-order valence-corrected chi connectivity index (χ1v) is 9.16. The van der Waals surface area contributed by atoms with E-state index in [1.165, 1.54) is 25.1 Å². The van der Waals surface area contributed by atoms with E-state index in [-0.39, 0.29) is 42.7 Å². The lowest BCUT2D eigenvalue weighted by Gasteiger charge is -2.26. The predicted octanol–water partition coefficient (Wildman–Crippen LogP) is 0.371. The molecule has 0 saturated carbocycles. The molecule has 2 aromatic carbocycles. The molecule has 0 fully saturated rings. The van der Waals surface area contributed by atoms with Crippen LogP contribution in [0, 0.1) is 0 Å². The molecule has 0 bridgehead atoms. The summed E-state index contributed by atoms with van der Waals surface area (Å²) < 4.78 is 0. The number of ketones is 2. The minimum atomic E-state index is -1.66. The number of hydrogen-bond donors (Lipinski definition) is 6.